The lowest BCUT2D eigenvalue weighted by Crippen LogP contribution is -2.14. The topological polar surface area (TPSA) is 72.2 Å². The summed E-state index contributed by atoms with van der Waals surface area (Å²) in [5, 5.41) is 0. The molecule has 0 saturated carbocycles. The molecule has 0 saturated heterocycles. The highest BCUT2D eigenvalue weighted by Crippen LogP contribution is 2.26. The molecule has 106 valence electrons. The van der Waals surface area contributed by atoms with E-state index in [2.05, 4.69) is 20.7 Å². The van der Waals surface area contributed by atoms with Gasteiger partial charge in [0.25, 0.3) is 10.0 Å². The Hall–Kier alpha value is -1.60. The van der Waals surface area contributed by atoms with Gasteiger partial charge in [-0.25, -0.2) is 12.8 Å². The van der Waals surface area contributed by atoms with Crippen LogP contribution in [0.5, 0.6) is 0 Å². The molecule has 4 nitrogen and oxygen atoms in total. The van der Waals surface area contributed by atoms with Crippen LogP contribution in [0, 0.1) is 12.7 Å². The number of rotatable bonds is 3. The van der Waals surface area contributed by atoms with Gasteiger partial charge in [-0.15, -0.1) is 0 Å². The van der Waals surface area contributed by atoms with Crippen molar-refractivity contribution in [1.29, 1.82) is 0 Å². The Labute approximate surface area is 125 Å². The number of nitrogens with one attached hydrogen (secondary N) is 1. The first-order valence-electron chi connectivity index (χ1n) is 5.63. The summed E-state index contributed by atoms with van der Waals surface area (Å²) in [6, 6.07) is 8.32. The van der Waals surface area contributed by atoms with Gasteiger partial charge in [0.2, 0.25) is 0 Å². The second kappa shape index (κ2) is 5.41. The monoisotopic (exact) mass is 358 g/mol. The maximum absolute atomic E-state index is 13.3. The molecule has 3 N–H and O–H groups in total. The Morgan fingerprint density at radius 2 is 1.95 bits per heavy atom. The minimum Gasteiger partial charge on any atom is -0.399 e. The molecular formula is C13H12BrFN2O2S. The molecule has 0 spiro atoms. The van der Waals surface area contributed by atoms with Crippen molar-refractivity contribution in [3.8, 4) is 0 Å². The molecule has 7 heteroatoms. The number of halogens is 2. The molecule has 0 radical (unpaired) electrons. The van der Waals surface area contributed by atoms with Gasteiger partial charge >= 0.3 is 0 Å². The SMILES string of the molecule is Cc1c(Br)cccc1NS(=O)(=O)c1cc(N)cc(F)c1. The van der Waals surface area contributed by atoms with Gasteiger partial charge < -0.3 is 5.73 Å². The van der Waals surface area contributed by atoms with Gasteiger partial charge in [-0.1, -0.05) is 22.0 Å². The van der Waals surface area contributed by atoms with Crippen LogP contribution >= 0.6 is 15.9 Å². The molecule has 0 aliphatic rings. The Bertz CT molecular complexity index is 743. The lowest BCUT2D eigenvalue weighted by atomic mass is 10.2. The Kier molecular flexibility index (Phi) is 4.01. The van der Waals surface area contributed by atoms with E-state index in [-0.39, 0.29) is 10.6 Å². The normalized spacial score (nSPS) is 11.3. The van der Waals surface area contributed by atoms with E-state index in [1.165, 1.54) is 6.07 Å². The average molecular weight is 359 g/mol. The third-order valence-corrected chi connectivity index (χ3v) is 4.92. The van der Waals surface area contributed by atoms with Gasteiger partial charge in [0.15, 0.2) is 0 Å². The lowest BCUT2D eigenvalue weighted by Gasteiger charge is -2.12. The minimum absolute atomic E-state index is 0.0522. The first-order valence-corrected chi connectivity index (χ1v) is 7.91. The molecule has 0 bridgehead atoms. The molecule has 20 heavy (non-hydrogen) atoms. The van der Waals surface area contributed by atoms with E-state index >= 15 is 0 Å². The fraction of sp³-hybridized carbons (Fsp3) is 0.0769. The van der Waals surface area contributed by atoms with Crippen molar-refractivity contribution in [2.75, 3.05) is 10.5 Å². The van der Waals surface area contributed by atoms with E-state index in [1.54, 1.807) is 25.1 Å². The summed E-state index contributed by atoms with van der Waals surface area (Å²) in [7, 11) is -3.89. The molecular weight excluding hydrogens is 347 g/mol. The van der Waals surface area contributed by atoms with Gasteiger partial charge in [0.05, 0.1) is 10.6 Å². The van der Waals surface area contributed by atoms with Gasteiger partial charge in [-0.3, -0.25) is 4.72 Å². The highest BCUT2D eigenvalue weighted by atomic mass is 79.9. The number of nitrogens with two attached hydrogens (primary N) is 1. The molecule has 2 aromatic carbocycles. The van der Waals surface area contributed by atoms with Crippen LogP contribution in [-0.4, -0.2) is 8.42 Å². The van der Waals surface area contributed by atoms with Crippen molar-refractivity contribution >= 4 is 37.3 Å². The number of sulfonamides is 1. The van der Waals surface area contributed by atoms with Crippen molar-refractivity contribution in [3.63, 3.8) is 0 Å². The molecule has 0 unspecified atom stereocenters. The Balaban J connectivity index is 2.43. The second-order valence-electron chi connectivity index (χ2n) is 4.24. The second-order valence-corrected chi connectivity index (χ2v) is 6.77. The van der Waals surface area contributed by atoms with Crippen molar-refractivity contribution in [2.45, 2.75) is 11.8 Å². The highest BCUT2D eigenvalue weighted by molar-refractivity contribution is 9.10. The van der Waals surface area contributed by atoms with Crippen LogP contribution in [0.15, 0.2) is 45.8 Å². The van der Waals surface area contributed by atoms with Gasteiger partial charge in [0, 0.05) is 10.2 Å². The molecule has 0 aromatic heterocycles. The highest BCUT2D eigenvalue weighted by Gasteiger charge is 2.17. The fourth-order valence-electron chi connectivity index (χ4n) is 1.66. The van der Waals surface area contributed by atoms with E-state index in [1.807, 2.05) is 0 Å². The molecule has 0 amide bonds. The van der Waals surface area contributed by atoms with E-state index in [0.717, 1.165) is 22.2 Å². The van der Waals surface area contributed by atoms with E-state index in [0.29, 0.717) is 5.69 Å². The first-order chi connectivity index (χ1) is 9.29. The zero-order chi connectivity index (χ0) is 14.9. The summed E-state index contributed by atoms with van der Waals surface area (Å²) in [6.07, 6.45) is 0. The predicted octanol–water partition coefficient (Wildman–Crippen LogP) is 3.28. The van der Waals surface area contributed by atoms with Crippen LogP contribution < -0.4 is 10.5 Å². The van der Waals surface area contributed by atoms with Gasteiger partial charge in [0.1, 0.15) is 5.82 Å². The zero-order valence-electron chi connectivity index (χ0n) is 10.5. The van der Waals surface area contributed by atoms with E-state index in [9.17, 15) is 12.8 Å². The predicted molar refractivity (Wildman–Crippen MR) is 80.5 cm³/mol. The fourth-order valence-corrected chi connectivity index (χ4v) is 3.21. The largest absolute Gasteiger partial charge is 0.399 e. The summed E-state index contributed by atoms with van der Waals surface area (Å²) in [6.45, 7) is 1.77. The molecule has 2 aromatic rings. The Morgan fingerprint density at radius 1 is 1.25 bits per heavy atom. The van der Waals surface area contributed by atoms with Crippen LogP contribution in [0.1, 0.15) is 5.56 Å². The van der Waals surface area contributed by atoms with Crippen molar-refractivity contribution in [1.82, 2.24) is 0 Å². The Morgan fingerprint density at radius 3 is 2.60 bits per heavy atom. The van der Waals surface area contributed by atoms with Crippen molar-refractivity contribution in [3.05, 3.63) is 52.3 Å². The number of nitrogen functional groups attached to an aromatic ring is 1. The summed E-state index contributed by atoms with van der Waals surface area (Å²) in [5.41, 5.74) is 6.67. The van der Waals surface area contributed by atoms with E-state index in [4.69, 9.17) is 5.73 Å². The third kappa shape index (κ3) is 3.10. The summed E-state index contributed by atoms with van der Waals surface area (Å²) in [4.78, 5) is -0.214. The quantitative estimate of drug-likeness (QED) is 0.827. The molecule has 0 aliphatic heterocycles. The van der Waals surface area contributed by atoms with Gasteiger partial charge in [-0.05, 0) is 42.8 Å². The zero-order valence-corrected chi connectivity index (χ0v) is 12.9. The van der Waals surface area contributed by atoms with Crippen molar-refractivity contribution in [2.24, 2.45) is 0 Å². The number of hydrogen-bond acceptors (Lipinski definition) is 3. The number of hydrogen-bond donors (Lipinski definition) is 2. The van der Waals surface area contributed by atoms with Crippen LogP contribution in [0.25, 0.3) is 0 Å². The van der Waals surface area contributed by atoms with Crippen molar-refractivity contribution < 1.29 is 12.8 Å². The van der Waals surface area contributed by atoms with Gasteiger partial charge in [-0.2, -0.15) is 0 Å². The van der Waals surface area contributed by atoms with E-state index < -0.39 is 15.8 Å². The molecule has 0 heterocycles. The first kappa shape index (κ1) is 14.8. The maximum atomic E-state index is 13.3. The third-order valence-electron chi connectivity index (χ3n) is 2.72. The standard InChI is InChI=1S/C13H12BrFN2O2S/c1-8-12(14)3-2-4-13(8)17-20(18,19)11-6-9(15)5-10(16)7-11/h2-7,17H,16H2,1H3. The minimum atomic E-state index is -3.89. The molecule has 0 atom stereocenters. The summed E-state index contributed by atoms with van der Waals surface area (Å²) in [5.74, 6) is -0.698. The molecule has 0 fully saturated rings. The lowest BCUT2D eigenvalue weighted by molar-refractivity contribution is 0.595. The van der Waals surface area contributed by atoms with Crippen LogP contribution in [-0.2, 0) is 10.0 Å². The van der Waals surface area contributed by atoms with Crippen LogP contribution in [0.3, 0.4) is 0 Å². The summed E-state index contributed by atoms with van der Waals surface area (Å²) >= 11 is 3.32. The van der Waals surface area contributed by atoms with Crippen LogP contribution in [0.2, 0.25) is 0 Å². The maximum Gasteiger partial charge on any atom is 0.262 e. The average Bonchev–Trinajstić information content (AvgIpc) is 2.33. The number of anilines is 2. The van der Waals surface area contributed by atoms with Crippen LogP contribution in [0.4, 0.5) is 15.8 Å². The number of benzene rings is 2. The molecule has 0 aliphatic carbocycles. The molecule has 2 rings (SSSR count). The smallest absolute Gasteiger partial charge is 0.262 e. The summed E-state index contributed by atoms with van der Waals surface area (Å²) < 4.78 is 40.9.